The predicted octanol–water partition coefficient (Wildman–Crippen LogP) is -0.958. The number of hydrogen-bond donors (Lipinski definition) is 3. The van der Waals surface area contributed by atoms with Crippen LogP contribution >= 0.6 is 0 Å². The Morgan fingerprint density at radius 2 is 2.22 bits per heavy atom. The van der Waals surface area contributed by atoms with Crippen molar-refractivity contribution in [3.8, 4) is 5.75 Å². The maximum atomic E-state index is 11.3. The van der Waals surface area contributed by atoms with Crippen molar-refractivity contribution in [3.05, 3.63) is 23.8 Å². The fraction of sp³-hybridized carbons (Fsp3) is 0.385. The van der Waals surface area contributed by atoms with Crippen LogP contribution < -0.4 is 21.2 Å². The van der Waals surface area contributed by atoms with Gasteiger partial charge in [-0.15, -0.1) is 0 Å². The van der Waals surface area contributed by atoms with E-state index in [-0.39, 0.29) is 0 Å². The van der Waals surface area contributed by atoms with Crippen LogP contribution in [0.3, 0.4) is 0 Å². The van der Waals surface area contributed by atoms with E-state index in [4.69, 9.17) is 16.2 Å². The standard InChI is InChI=1S/C13H17N3O2/c1-16-12(13(15)17)10-6-9(4-5-11(10)14)18-7-8-2-3-8/h4-6,8H,2-3,7,14H2,1H3,(H2,15,17)/p+1. The van der Waals surface area contributed by atoms with Crippen molar-refractivity contribution in [1.29, 1.82) is 0 Å². The molecule has 0 spiro atoms. The molecule has 0 radical (unpaired) electrons. The van der Waals surface area contributed by atoms with E-state index in [0.29, 0.717) is 28.6 Å². The highest BCUT2D eigenvalue weighted by molar-refractivity contribution is 6.43. The summed E-state index contributed by atoms with van der Waals surface area (Å²) in [6.07, 6.45) is 2.47. The van der Waals surface area contributed by atoms with Crippen molar-refractivity contribution in [2.24, 2.45) is 11.7 Å². The van der Waals surface area contributed by atoms with Crippen LogP contribution in [0.2, 0.25) is 0 Å². The third-order valence-corrected chi connectivity index (χ3v) is 2.97. The van der Waals surface area contributed by atoms with Crippen LogP contribution in [-0.4, -0.2) is 25.3 Å². The number of nitrogens with one attached hydrogen (secondary N) is 1. The smallest absolute Gasteiger partial charge is 0.313 e. The fourth-order valence-electron chi connectivity index (χ4n) is 1.73. The summed E-state index contributed by atoms with van der Waals surface area (Å²) in [5.41, 5.74) is 12.5. The number of hydrogen-bond acceptors (Lipinski definition) is 3. The summed E-state index contributed by atoms with van der Waals surface area (Å²) in [5.74, 6) is 0.846. The van der Waals surface area contributed by atoms with Crippen molar-refractivity contribution in [2.75, 3.05) is 19.4 Å². The number of rotatable bonds is 5. The Hall–Kier alpha value is -2.04. The summed E-state index contributed by atoms with van der Waals surface area (Å²) in [7, 11) is 1.64. The van der Waals surface area contributed by atoms with Gasteiger partial charge in [0.25, 0.3) is 5.71 Å². The molecule has 0 heterocycles. The van der Waals surface area contributed by atoms with Crippen molar-refractivity contribution in [3.63, 3.8) is 0 Å². The highest BCUT2D eigenvalue weighted by Gasteiger charge is 2.23. The lowest BCUT2D eigenvalue weighted by molar-refractivity contribution is -0.418. The molecular formula is C13H18N3O2+. The van der Waals surface area contributed by atoms with Crippen molar-refractivity contribution >= 4 is 17.3 Å². The van der Waals surface area contributed by atoms with E-state index >= 15 is 0 Å². The molecule has 2 rings (SSSR count). The molecule has 1 amide bonds. The number of carbonyl (C=O) groups excluding carboxylic acids is 1. The van der Waals surface area contributed by atoms with Crippen molar-refractivity contribution in [2.45, 2.75) is 12.8 Å². The summed E-state index contributed by atoms with van der Waals surface area (Å²) < 4.78 is 5.65. The average molecular weight is 248 g/mol. The molecule has 1 saturated carbocycles. The normalized spacial score (nSPS) is 15.5. The number of benzene rings is 1. The number of anilines is 1. The molecule has 1 aromatic carbocycles. The van der Waals surface area contributed by atoms with Gasteiger partial charge in [0.15, 0.2) is 0 Å². The quantitative estimate of drug-likeness (QED) is 0.463. The lowest BCUT2D eigenvalue weighted by Gasteiger charge is -2.08. The Kier molecular flexibility index (Phi) is 3.50. The van der Waals surface area contributed by atoms with E-state index in [1.165, 1.54) is 12.8 Å². The van der Waals surface area contributed by atoms with Gasteiger partial charge in [0.05, 0.1) is 12.2 Å². The first-order chi connectivity index (χ1) is 8.61. The van der Waals surface area contributed by atoms with E-state index in [9.17, 15) is 4.79 Å². The zero-order valence-electron chi connectivity index (χ0n) is 10.4. The predicted molar refractivity (Wildman–Crippen MR) is 69.3 cm³/mol. The first-order valence-corrected chi connectivity index (χ1v) is 5.99. The number of nitrogen functional groups attached to an aromatic ring is 1. The number of amides is 1. The molecule has 0 atom stereocenters. The maximum Gasteiger partial charge on any atom is 0.313 e. The zero-order valence-corrected chi connectivity index (χ0v) is 10.4. The molecule has 0 aromatic heterocycles. The van der Waals surface area contributed by atoms with Gasteiger partial charge in [0.1, 0.15) is 12.8 Å². The molecule has 5 nitrogen and oxygen atoms in total. The SMILES string of the molecule is C[NH+]=C(C(N)=O)c1cc(OCC2CC2)ccc1N. The molecule has 0 saturated heterocycles. The average Bonchev–Trinajstić information content (AvgIpc) is 3.14. The molecule has 1 aromatic rings. The lowest BCUT2D eigenvalue weighted by Crippen LogP contribution is -2.71. The highest BCUT2D eigenvalue weighted by atomic mass is 16.5. The van der Waals surface area contributed by atoms with E-state index in [0.717, 1.165) is 6.61 Å². The summed E-state index contributed by atoms with van der Waals surface area (Å²) >= 11 is 0. The van der Waals surface area contributed by atoms with Gasteiger partial charge in [0, 0.05) is 5.69 Å². The Morgan fingerprint density at radius 3 is 2.78 bits per heavy atom. The maximum absolute atomic E-state index is 11.3. The van der Waals surface area contributed by atoms with Crippen LogP contribution in [0.25, 0.3) is 0 Å². The van der Waals surface area contributed by atoms with Crippen LogP contribution in [0.15, 0.2) is 18.2 Å². The molecular weight excluding hydrogens is 230 g/mol. The van der Waals surface area contributed by atoms with Crippen molar-refractivity contribution in [1.82, 2.24) is 0 Å². The molecule has 0 unspecified atom stereocenters. The Labute approximate surface area is 106 Å². The Balaban J connectivity index is 2.22. The molecule has 5 N–H and O–H groups in total. The summed E-state index contributed by atoms with van der Waals surface area (Å²) in [4.78, 5) is 14.1. The molecule has 1 aliphatic carbocycles. The second-order valence-corrected chi connectivity index (χ2v) is 4.49. The van der Waals surface area contributed by atoms with Crippen LogP contribution in [0.5, 0.6) is 5.75 Å². The van der Waals surface area contributed by atoms with Crippen molar-refractivity contribution < 1.29 is 14.5 Å². The number of nitrogens with two attached hydrogens (primary N) is 2. The molecule has 1 aliphatic rings. The molecule has 18 heavy (non-hydrogen) atoms. The second-order valence-electron chi connectivity index (χ2n) is 4.49. The van der Waals surface area contributed by atoms with Gasteiger partial charge in [-0.2, -0.15) is 0 Å². The minimum atomic E-state index is -0.538. The van der Waals surface area contributed by atoms with Gasteiger partial charge >= 0.3 is 5.91 Å². The monoisotopic (exact) mass is 248 g/mol. The van der Waals surface area contributed by atoms with Crippen LogP contribution in [0, 0.1) is 5.92 Å². The number of primary amides is 1. The van der Waals surface area contributed by atoms with Gasteiger partial charge in [-0.3, -0.25) is 4.79 Å². The zero-order chi connectivity index (χ0) is 13.1. The largest absolute Gasteiger partial charge is 0.493 e. The minimum absolute atomic E-state index is 0.296. The van der Waals surface area contributed by atoms with Gasteiger partial charge in [-0.25, -0.2) is 4.99 Å². The van der Waals surface area contributed by atoms with Gasteiger partial charge in [0.2, 0.25) is 0 Å². The summed E-state index contributed by atoms with van der Waals surface area (Å²) in [6, 6.07) is 5.27. The topological polar surface area (TPSA) is 92.3 Å². The van der Waals surface area contributed by atoms with Gasteiger partial charge in [-0.05, 0) is 37.0 Å². The first-order valence-electron chi connectivity index (χ1n) is 5.99. The van der Waals surface area contributed by atoms with E-state index in [1.54, 1.807) is 25.2 Å². The van der Waals surface area contributed by atoms with Gasteiger partial charge in [-0.1, -0.05) is 0 Å². The number of ether oxygens (including phenoxy) is 1. The lowest BCUT2D eigenvalue weighted by atomic mass is 10.1. The van der Waals surface area contributed by atoms with Crippen LogP contribution in [0.4, 0.5) is 5.69 Å². The van der Waals surface area contributed by atoms with Crippen LogP contribution in [-0.2, 0) is 4.79 Å². The highest BCUT2D eigenvalue weighted by Crippen LogP contribution is 2.30. The third kappa shape index (κ3) is 2.80. The Bertz CT molecular complexity index is 493. The summed E-state index contributed by atoms with van der Waals surface area (Å²) in [6.45, 7) is 0.717. The summed E-state index contributed by atoms with van der Waals surface area (Å²) in [5, 5.41) is 0. The molecule has 0 bridgehead atoms. The van der Waals surface area contributed by atoms with E-state index < -0.39 is 5.91 Å². The molecule has 5 heteroatoms. The number of carbonyl (C=O) groups is 1. The first kappa shape index (κ1) is 12.4. The second kappa shape index (κ2) is 5.08. The van der Waals surface area contributed by atoms with E-state index in [1.807, 2.05) is 0 Å². The Morgan fingerprint density at radius 1 is 1.50 bits per heavy atom. The molecule has 1 fully saturated rings. The van der Waals surface area contributed by atoms with E-state index in [2.05, 4.69) is 4.99 Å². The fourth-order valence-corrected chi connectivity index (χ4v) is 1.73. The molecule has 0 aliphatic heterocycles. The van der Waals surface area contributed by atoms with Crippen LogP contribution in [0.1, 0.15) is 18.4 Å². The van der Waals surface area contributed by atoms with Gasteiger partial charge < -0.3 is 16.2 Å². The third-order valence-electron chi connectivity index (χ3n) is 2.97. The molecule has 96 valence electrons. The minimum Gasteiger partial charge on any atom is -0.493 e.